The van der Waals surface area contributed by atoms with Gasteiger partial charge < -0.3 is 20.1 Å². The van der Waals surface area contributed by atoms with E-state index in [0.717, 1.165) is 17.5 Å². The van der Waals surface area contributed by atoms with Crippen molar-refractivity contribution in [1.82, 2.24) is 4.90 Å². The van der Waals surface area contributed by atoms with Gasteiger partial charge >= 0.3 is 0 Å². The van der Waals surface area contributed by atoms with Gasteiger partial charge in [-0.15, -0.1) is 12.4 Å². The molecule has 1 rings (SSSR count). The standard InChI is InChI=1S/C16H26N2O3.ClH/c1-13-5-7-14(8-6-13)15(17)16(19)18(10-12-21-3)9-4-11-20-2;/h5-8,15H,4,9-12,17H2,1-3H3;1H. The molecule has 0 saturated heterocycles. The van der Waals surface area contributed by atoms with Crippen LogP contribution in [0.5, 0.6) is 0 Å². The Morgan fingerprint density at radius 2 is 1.73 bits per heavy atom. The van der Waals surface area contributed by atoms with Crippen LogP contribution in [0.15, 0.2) is 24.3 Å². The molecule has 0 aromatic heterocycles. The van der Waals surface area contributed by atoms with Crippen LogP contribution in [0.4, 0.5) is 0 Å². The maximum absolute atomic E-state index is 12.5. The van der Waals surface area contributed by atoms with Crippen molar-refractivity contribution in [3.8, 4) is 0 Å². The van der Waals surface area contributed by atoms with Gasteiger partial charge in [0.05, 0.1) is 6.61 Å². The van der Waals surface area contributed by atoms with Crippen LogP contribution in [0.25, 0.3) is 0 Å². The second kappa shape index (κ2) is 11.4. The first kappa shape index (κ1) is 20.9. The number of rotatable bonds is 9. The Kier molecular flexibility index (Phi) is 10.8. The molecule has 0 spiro atoms. The zero-order valence-electron chi connectivity index (χ0n) is 13.6. The molecule has 126 valence electrons. The summed E-state index contributed by atoms with van der Waals surface area (Å²) >= 11 is 0. The monoisotopic (exact) mass is 330 g/mol. The number of amides is 1. The minimum atomic E-state index is -0.634. The predicted molar refractivity (Wildman–Crippen MR) is 90.3 cm³/mol. The second-order valence-electron chi connectivity index (χ2n) is 5.05. The molecule has 1 atom stereocenters. The number of carbonyl (C=O) groups is 1. The maximum Gasteiger partial charge on any atom is 0.244 e. The molecule has 2 N–H and O–H groups in total. The molecule has 0 radical (unpaired) electrons. The number of ether oxygens (including phenoxy) is 2. The fourth-order valence-electron chi connectivity index (χ4n) is 2.05. The maximum atomic E-state index is 12.5. The Labute approximate surface area is 139 Å². The van der Waals surface area contributed by atoms with E-state index in [1.54, 1.807) is 19.1 Å². The summed E-state index contributed by atoms with van der Waals surface area (Å²) < 4.78 is 10.1. The third-order valence-corrected chi connectivity index (χ3v) is 3.36. The number of nitrogens with zero attached hydrogens (tertiary/aromatic N) is 1. The number of halogens is 1. The van der Waals surface area contributed by atoms with E-state index in [1.165, 1.54) is 0 Å². The zero-order valence-corrected chi connectivity index (χ0v) is 14.4. The molecule has 1 aromatic rings. The summed E-state index contributed by atoms with van der Waals surface area (Å²) in [5, 5.41) is 0. The minimum absolute atomic E-state index is 0. The molecule has 22 heavy (non-hydrogen) atoms. The SMILES string of the molecule is COCCCN(CCOC)C(=O)C(N)c1ccc(C)cc1.Cl. The van der Waals surface area contributed by atoms with Gasteiger partial charge in [-0.3, -0.25) is 4.79 Å². The predicted octanol–water partition coefficient (Wildman–Crippen LogP) is 1.93. The number of carbonyl (C=O) groups excluding carboxylic acids is 1. The smallest absolute Gasteiger partial charge is 0.244 e. The molecular weight excluding hydrogens is 304 g/mol. The van der Waals surface area contributed by atoms with E-state index >= 15 is 0 Å². The van der Waals surface area contributed by atoms with Crippen LogP contribution in [-0.2, 0) is 14.3 Å². The molecule has 0 bridgehead atoms. The molecule has 1 amide bonds. The van der Waals surface area contributed by atoms with Crippen molar-refractivity contribution in [2.75, 3.05) is 40.5 Å². The molecule has 1 aromatic carbocycles. The molecule has 5 nitrogen and oxygen atoms in total. The molecular formula is C16H27ClN2O3. The van der Waals surface area contributed by atoms with Gasteiger partial charge in [0.2, 0.25) is 5.91 Å². The molecule has 0 aliphatic carbocycles. The Morgan fingerprint density at radius 1 is 1.14 bits per heavy atom. The lowest BCUT2D eigenvalue weighted by atomic mass is 10.0. The Bertz CT molecular complexity index is 426. The third kappa shape index (κ3) is 6.75. The largest absolute Gasteiger partial charge is 0.385 e. The van der Waals surface area contributed by atoms with E-state index in [4.69, 9.17) is 15.2 Å². The first-order valence-electron chi connectivity index (χ1n) is 7.19. The van der Waals surface area contributed by atoms with Crippen LogP contribution in [0.3, 0.4) is 0 Å². The van der Waals surface area contributed by atoms with Crippen molar-refractivity contribution in [2.45, 2.75) is 19.4 Å². The van der Waals surface area contributed by atoms with Crippen molar-refractivity contribution >= 4 is 18.3 Å². The lowest BCUT2D eigenvalue weighted by Crippen LogP contribution is -2.41. The highest BCUT2D eigenvalue weighted by molar-refractivity contribution is 5.85. The number of aryl methyl sites for hydroxylation is 1. The number of methoxy groups -OCH3 is 2. The fraction of sp³-hybridized carbons (Fsp3) is 0.562. The van der Waals surface area contributed by atoms with Crippen LogP contribution in [0.1, 0.15) is 23.6 Å². The number of hydrogen-bond acceptors (Lipinski definition) is 4. The second-order valence-corrected chi connectivity index (χ2v) is 5.05. The van der Waals surface area contributed by atoms with Crippen LogP contribution in [0.2, 0.25) is 0 Å². The molecule has 0 aliphatic rings. The lowest BCUT2D eigenvalue weighted by Gasteiger charge is -2.25. The quantitative estimate of drug-likeness (QED) is 0.703. The fourth-order valence-corrected chi connectivity index (χ4v) is 2.05. The first-order valence-corrected chi connectivity index (χ1v) is 7.19. The third-order valence-electron chi connectivity index (χ3n) is 3.36. The average Bonchev–Trinajstić information content (AvgIpc) is 2.50. The van der Waals surface area contributed by atoms with Crippen molar-refractivity contribution in [1.29, 1.82) is 0 Å². The first-order chi connectivity index (χ1) is 10.1. The highest BCUT2D eigenvalue weighted by Gasteiger charge is 2.21. The Balaban J connectivity index is 0.00000441. The van der Waals surface area contributed by atoms with Crippen molar-refractivity contribution in [3.63, 3.8) is 0 Å². The molecule has 6 heteroatoms. The van der Waals surface area contributed by atoms with Gasteiger partial charge in [-0.25, -0.2) is 0 Å². The minimum Gasteiger partial charge on any atom is -0.385 e. The topological polar surface area (TPSA) is 64.8 Å². The van der Waals surface area contributed by atoms with E-state index in [0.29, 0.717) is 26.3 Å². The van der Waals surface area contributed by atoms with Crippen LogP contribution in [-0.4, -0.2) is 51.3 Å². The number of hydrogen-bond donors (Lipinski definition) is 1. The Hall–Kier alpha value is -1.14. The van der Waals surface area contributed by atoms with E-state index in [2.05, 4.69) is 0 Å². The van der Waals surface area contributed by atoms with Gasteiger partial charge in [0.1, 0.15) is 6.04 Å². The summed E-state index contributed by atoms with van der Waals surface area (Å²) in [5.41, 5.74) is 8.08. The number of nitrogens with two attached hydrogens (primary N) is 1. The average molecular weight is 331 g/mol. The Morgan fingerprint density at radius 3 is 2.27 bits per heavy atom. The summed E-state index contributed by atoms with van der Waals surface area (Å²) in [6.07, 6.45) is 0.784. The van der Waals surface area contributed by atoms with Gasteiger partial charge in [-0.05, 0) is 18.9 Å². The van der Waals surface area contributed by atoms with Crippen LogP contribution < -0.4 is 5.73 Å². The normalized spacial score (nSPS) is 11.6. The van der Waals surface area contributed by atoms with Gasteiger partial charge in [-0.1, -0.05) is 29.8 Å². The molecule has 0 fully saturated rings. The highest BCUT2D eigenvalue weighted by Crippen LogP contribution is 2.14. The number of benzene rings is 1. The van der Waals surface area contributed by atoms with Crippen LogP contribution >= 0.6 is 12.4 Å². The van der Waals surface area contributed by atoms with Gasteiger partial charge in [-0.2, -0.15) is 0 Å². The van der Waals surface area contributed by atoms with Crippen LogP contribution in [0, 0.1) is 6.92 Å². The summed E-state index contributed by atoms with van der Waals surface area (Å²) in [6.45, 7) is 4.29. The molecule has 0 aliphatic heterocycles. The van der Waals surface area contributed by atoms with E-state index in [1.807, 2.05) is 31.2 Å². The lowest BCUT2D eigenvalue weighted by molar-refractivity contribution is -0.133. The summed E-state index contributed by atoms with van der Waals surface area (Å²) in [6, 6.07) is 7.10. The summed E-state index contributed by atoms with van der Waals surface area (Å²) in [4.78, 5) is 14.3. The van der Waals surface area contributed by atoms with E-state index in [-0.39, 0.29) is 18.3 Å². The van der Waals surface area contributed by atoms with Gasteiger partial charge in [0.15, 0.2) is 0 Å². The van der Waals surface area contributed by atoms with Crippen molar-refractivity contribution in [2.24, 2.45) is 5.73 Å². The zero-order chi connectivity index (χ0) is 15.7. The summed E-state index contributed by atoms with van der Waals surface area (Å²) in [7, 11) is 3.27. The molecule has 1 unspecified atom stereocenters. The van der Waals surface area contributed by atoms with Gasteiger partial charge in [0, 0.05) is 33.9 Å². The van der Waals surface area contributed by atoms with Crippen molar-refractivity contribution < 1.29 is 14.3 Å². The highest BCUT2D eigenvalue weighted by atomic mass is 35.5. The molecule has 0 heterocycles. The van der Waals surface area contributed by atoms with Crippen molar-refractivity contribution in [3.05, 3.63) is 35.4 Å². The van der Waals surface area contributed by atoms with E-state index < -0.39 is 6.04 Å². The van der Waals surface area contributed by atoms with E-state index in [9.17, 15) is 4.79 Å². The van der Waals surface area contributed by atoms with Gasteiger partial charge in [0.25, 0.3) is 0 Å². The summed E-state index contributed by atoms with van der Waals surface area (Å²) in [5.74, 6) is -0.0768. The molecule has 0 saturated carbocycles.